The Morgan fingerprint density at radius 1 is 1.24 bits per heavy atom. The van der Waals surface area contributed by atoms with Gasteiger partial charge in [-0.25, -0.2) is 4.79 Å². The molecular weight excluding hydrogens is 272 g/mol. The number of hydrogen-bond donors (Lipinski definition) is 2. The molecule has 1 aliphatic carbocycles. The molecule has 3 amide bonds. The molecule has 0 spiro atoms. The lowest BCUT2D eigenvalue weighted by Crippen LogP contribution is -2.40. The van der Waals surface area contributed by atoms with E-state index in [1.54, 1.807) is 7.11 Å². The van der Waals surface area contributed by atoms with Gasteiger partial charge < -0.3 is 14.8 Å². The minimum absolute atomic E-state index is 0.233. The van der Waals surface area contributed by atoms with Gasteiger partial charge in [-0.2, -0.15) is 0 Å². The first kappa shape index (κ1) is 13.9. The third kappa shape index (κ3) is 2.85. The number of hydrogen-bond acceptors (Lipinski definition) is 4. The smallest absolute Gasteiger partial charge is 0.322 e. The fourth-order valence-corrected chi connectivity index (χ4v) is 2.62. The molecule has 6 heteroatoms. The Bertz CT molecular complexity index is 551. The summed E-state index contributed by atoms with van der Waals surface area (Å²) in [6.07, 6.45) is 1.79. The van der Waals surface area contributed by atoms with Crippen LogP contribution in [-0.4, -0.2) is 31.7 Å². The van der Waals surface area contributed by atoms with Crippen LogP contribution in [0.1, 0.15) is 18.4 Å². The van der Waals surface area contributed by atoms with Crippen LogP contribution in [0, 0.1) is 5.41 Å². The summed E-state index contributed by atoms with van der Waals surface area (Å²) in [6, 6.07) is 6.80. The number of methoxy groups -OCH3 is 1. The van der Waals surface area contributed by atoms with E-state index in [-0.39, 0.29) is 11.3 Å². The minimum Gasteiger partial charge on any atom is -0.497 e. The largest absolute Gasteiger partial charge is 0.497 e. The zero-order chi connectivity index (χ0) is 14.9. The van der Waals surface area contributed by atoms with Crippen molar-refractivity contribution in [3.63, 3.8) is 0 Å². The van der Waals surface area contributed by atoms with Gasteiger partial charge in [0.1, 0.15) is 11.8 Å². The number of ether oxygens (including phenoxy) is 2. The van der Waals surface area contributed by atoms with Crippen molar-refractivity contribution in [1.29, 1.82) is 0 Å². The van der Waals surface area contributed by atoms with Crippen molar-refractivity contribution in [2.45, 2.75) is 25.5 Å². The topological polar surface area (TPSA) is 76.7 Å². The van der Waals surface area contributed by atoms with Gasteiger partial charge in [0.2, 0.25) is 0 Å². The summed E-state index contributed by atoms with van der Waals surface area (Å²) >= 11 is 0. The Labute approximate surface area is 122 Å². The summed E-state index contributed by atoms with van der Waals surface area (Å²) < 4.78 is 10.8. The quantitative estimate of drug-likeness (QED) is 0.772. The number of imide groups is 1. The number of carbonyl (C=O) groups is 2. The predicted molar refractivity (Wildman–Crippen MR) is 74.8 cm³/mol. The number of benzene rings is 1. The molecule has 1 aromatic rings. The molecule has 2 aliphatic rings. The zero-order valence-electron chi connectivity index (χ0n) is 11.8. The molecule has 21 heavy (non-hydrogen) atoms. The lowest BCUT2D eigenvalue weighted by molar-refractivity contribution is -0.122. The van der Waals surface area contributed by atoms with E-state index in [0.717, 1.165) is 24.2 Å². The van der Waals surface area contributed by atoms with Gasteiger partial charge >= 0.3 is 6.03 Å². The highest BCUT2D eigenvalue weighted by Crippen LogP contribution is 2.49. The molecule has 1 unspecified atom stereocenters. The number of urea groups is 1. The van der Waals surface area contributed by atoms with Crippen molar-refractivity contribution in [1.82, 2.24) is 10.6 Å². The van der Waals surface area contributed by atoms with Gasteiger partial charge in [0.15, 0.2) is 0 Å². The zero-order valence-corrected chi connectivity index (χ0v) is 11.8. The Kier molecular flexibility index (Phi) is 3.55. The molecule has 1 atom stereocenters. The van der Waals surface area contributed by atoms with Crippen LogP contribution in [0.3, 0.4) is 0 Å². The molecule has 6 nitrogen and oxygen atoms in total. The number of rotatable bonds is 6. The molecule has 2 N–H and O–H groups in total. The molecule has 1 aliphatic heterocycles. The second-order valence-electron chi connectivity index (χ2n) is 5.60. The molecule has 1 aromatic carbocycles. The van der Waals surface area contributed by atoms with E-state index in [9.17, 15) is 9.59 Å². The van der Waals surface area contributed by atoms with Crippen molar-refractivity contribution in [2.75, 3.05) is 13.7 Å². The standard InChI is InChI=1S/C15H18N2O4/c1-20-11-4-2-10(3-5-11)8-21-9-15(6-7-15)12-13(18)17-14(19)16-12/h2-5,12H,6-9H2,1H3,(H2,16,17,18,19). The SMILES string of the molecule is COc1ccc(COCC2(C3NC(=O)NC3=O)CC2)cc1. The van der Waals surface area contributed by atoms with Gasteiger partial charge in [0.05, 0.1) is 20.3 Å². The van der Waals surface area contributed by atoms with Gasteiger partial charge in [-0.1, -0.05) is 12.1 Å². The van der Waals surface area contributed by atoms with E-state index in [1.807, 2.05) is 24.3 Å². The van der Waals surface area contributed by atoms with E-state index >= 15 is 0 Å². The van der Waals surface area contributed by atoms with Gasteiger partial charge in [0.25, 0.3) is 5.91 Å². The number of amides is 3. The normalized spacial score (nSPS) is 22.6. The van der Waals surface area contributed by atoms with Gasteiger partial charge in [-0.3, -0.25) is 10.1 Å². The minimum atomic E-state index is -0.458. The maximum atomic E-state index is 11.7. The summed E-state index contributed by atoms with van der Waals surface area (Å²) in [4.78, 5) is 22.9. The van der Waals surface area contributed by atoms with Gasteiger partial charge in [0, 0.05) is 5.41 Å². The molecule has 0 aromatic heterocycles. The molecule has 0 bridgehead atoms. The fourth-order valence-electron chi connectivity index (χ4n) is 2.62. The lowest BCUT2D eigenvalue weighted by Gasteiger charge is -2.20. The van der Waals surface area contributed by atoms with Gasteiger partial charge in [-0.05, 0) is 30.5 Å². The van der Waals surface area contributed by atoms with Crippen LogP contribution in [-0.2, 0) is 16.1 Å². The maximum absolute atomic E-state index is 11.7. The Hall–Kier alpha value is -2.08. The Morgan fingerprint density at radius 3 is 2.48 bits per heavy atom. The molecule has 1 saturated carbocycles. The molecule has 1 heterocycles. The second-order valence-corrected chi connectivity index (χ2v) is 5.60. The van der Waals surface area contributed by atoms with Crippen molar-refractivity contribution in [2.24, 2.45) is 5.41 Å². The summed E-state index contributed by atoms with van der Waals surface area (Å²) in [5.41, 5.74) is 0.814. The molecule has 3 rings (SSSR count). The average molecular weight is 290 g/mol. The predicted octanol–water partition coefficient (Wildman–Crippen LogP) is 1.20. The highest BCUT2D eigenvalue weighted by Gasteiger charge is 2.55. The summed E-state index contributed by atoms with van der Waals surface area (Å²) in [5.74, 6) is 0.563. The summed E-state index contributed by atoms with van der Waals surface area (Å²) in [7, 11) is 1.63. The van der Waals surface area contributed by atoms with E-state index in [4.69, 9.17) is 9.47 Å². The fraction of sp³-hybridized carbons (Fsp3) is 0.467. The van der Waals surface area contributed by atoms with Crippen LogP contribution < -0.4 is 15.4 Å². The van der Waals surface area contributed by atoms with Crippen molar-refractivity contribution < 1.29 is 19.1 Å². The van der Waals surface area contributed by atoms with E-state index in [1.165, 1.54) is 0 Å². The summed E-state index contributed by atoms with van der Waals surface area (Å²) in [5, 5.41) is 4.95. The van der Waals surface area contributed by atoms with Gasteiger partial charge in [-0.15, -0.1) is 0 Å². The van der Waals surface area contributed by atoms with Crippen LogP contribution in [0.15, 0.2) is 24.3 Å². The lowest BCUT2D eigenvalue weighted by atomic mass is 9.98. The van der Waals surface area contributed by atoms with E-state index in [0.29, 0.717) is 13.2 Å². The molecule has 112 valence electrons. The molecule has 1 saturated heterocycles. The van der Waals surface area contributed by atoms with Crippen LogP contribution in [0.2, 0.25) is 0 Å². The van der Waals surface area contributed by atoms with Crippen LogP contribution >= 0.6 is 0 Å². The van der Waals surface area contributed by atoms with Crippen molar-refractivity contribution >= 4 is 11.9 Å². The average Bonchev–Trinajstić information content (AvgIpc) is 3.18. The first-order valence-corrected chi connectivity index (χ1v) is 6.95. The maximum Gasteiger partial charge on any atom is 0.322 e. The third-order valence-corrected chi connectivity index (χ3v) is 4.10. The first-order chi connectivity index (χ1) is 10.1. The highest BCUT2D eigenvalue weighted by atomic mass is 16.5. The summed E-state index contributed by atoms with van der Waals surface area (Å²) in [6.45, 7) is 0.950. The molecular formula is C15H18N2O4. The van der Waals surface area contributed by atoms with Crippen molar-refractivity contribution in [3.05, 3.63) is 29.8 Å². The highest BCUT2D eigenvalue weighted by molar-refractivity contribution is 6.04. The van der Waals surface area contributed by atoms with E-state index < -0.39 is 12.1 Å². The molecule has 2 fully saturated rings. The van der Waals surface area contributed by atoms with E-state index in [2.05, 4.69) is 10.6 Å². The molecule has 0 radical (unpaired) electrons. The van der Waals surface area contributed by atoms with Crippen molar-refractivity contribution in [3.8, 4) is 5.75 Å². The first-order valence-electron chi connectivity index (χ1n) is 6.95. The van der Waals surface area contributed by atoms with Crippen LogP contribution in [0.4, 0.5) is 4.79 Å². The van der Waals surface area contributed by atoms with Crippen LogP contribution in [0.5, 0.6) is 5.75 Å². The van der Waals surface area contributed by atoms with Crippen LogP contribution in [0.25, 0.3) is 0 Å². The third-order valence-electron chi connectivity index (χ3n) is 4.10. The Balaban J connectivity index is 1.53. The number of nitrogens with one attached hydrogen (secondary N) is 2. The monoisotopic (exact) mass is 290 g/mol. The second kappa shape index (κ2) is 5.37. The number of carbonyl (C=O) groups excluding carboxylic acids is 2. The Morgan fingerprint density at radius 2 is 1.95 bits per heavy atom.